The maximum Gasteiger partial charge on any atom is 0.240 e. The highest BCUT2D eigenvalue weighted by atomic mass is 32.2. The molecular formula is C15H16N2O2S2. The van der Waals surface area contributed by atoms with Gasteiger partial charge >= 0.3 is 0 Å². The topological polar surface area (TPSA) is 72.2 Å². The van der Waals surface area contributed by atoms with Crippen molar-refractivity contribution in [3.8, 4) is 0 Å². The molecule has 0 amide bonds. The lowest BCUT2D eigenvalue weighted by Gasteiger charge is -2.08. The van der Waals surface area contributed by atoms with Crippen molar-refractivity contribution in [2.24, 2.45) is 5.73 Å². The molecule has 0 fully saturated rings. The summed E-state index contributed by atoms with van der Waals surface area (Å²) in [6.45, 7) is 2.22. The average Bonchev–Trinajstić information content (AvgIpc) is 2.45. The predicted molar refractivity (Wildman–Crippen MR) is 87.5 cm³/mol. The van der Waals surface area contributed by atoms with Gasteiger partial charge in [0.25, 0.3) is 0 Å². The lowest BCUT2D eigenvalue weighted by molar-refractivity contribution is 0.581. The van der Waals surface area contributed by atoms with E-state index in [9.17, 15) is 8.42 Å². The third-order valence-electron chi connectivity index (χ3n) is 3.00. The van der Waals surface area contributed by atoms with E-state index in [1.807, 2.05) is 31.2 Å². The van der Waals surface area contributed by atoms with Crippen LogP contribution in [0.5, 0.6) is 0 Å². The van der Waals surface area contributed by atoms with E-state index in [1.54, 1.807) is 12.1 Å². The largest absolute Gasteiger partial charge is 0.389 e. The van der Waals surface area contributed by atoms with Crippen LogP contribution >= 0.6 is 12.2 Å². The molecule has 0 heterocycles. The van der Waals surface area contributed by atoms with Gasteiger partial charge in [0.05, 0.1) is 4.90 Å². The van der Waals surface area contributed by atoms with Crippen LogP contribution in [0.2, 0.25) is 0 Å². The average molecular weight is 320 g/mol. The van der Waals surface area contributed by atoms with E-state index >= 15 is 0 Å². The summed E-state index contributed by atoms with van der Waals surface area (Å²) in [4.78, 5) is 0.432. The van der Waals surface area contributed by atoms with Gasteiger partial charge in [0, 0.05) is 12.1 Å². The Kier molecular flexibility index (Phi) is 4.72. The first-order valence-electron chi connectivity index (χ1n) is 6.33. The molecule has 3 N–H and O–H groups in total. The van der Waals surface area contributed by atoms with Gasteiger partial charge in [-0.1, -0.05) is 54.2 Å². The Morgan fingerprint density at radius 1 is 1.19 bits per heavy atom. The molecule has 2 aromatic carbocycles. The monoisotopic (exact) mass is 320 g/mol. The molecule has 0 saturated carbocycles. The number of thiocarbonyl (C=S) groups is 1. The number of hydrogen-bond donors (Lipinski definition) is 2. The SMILES string of the molecule is Cc1cccc(CNS(=O)(=O)c2ccc(C(N)=S)cc2)c1. The van der Waals surface area contributed by atoms with Crippen LogP contribution in [0.3, 0.4) is 0 Å². The van der Waals surface area contributed by atoms with E-state index in [1.165, 1.54) is 12.1 Å². The molecule has 0 bridgehead atoms. The van der Waals surface area contributed by atoms with Gasteiger partial charge in [0.15, 0.2) is 0 Å². The van der Waals surface area contributed by atoms with Crippen LogP contribution < -0.4 is 10.5 Å². The van der Waals surface area contributed by atoms with E-state index in [0.717, 1.165) is 11.1 Å². The standard InChI is InChI=1S/C15H16N2O2S2/c1-11-3-2-4-12(9-11)10-17-21(18,19)14-7-5-13(6-8-14)15(16)20/h2-9,17H,10H2,1H3,(H2,16,20). The lowest BCUT2D eigenvalue weighted by atomic mass is 10.1. The number of hydrogen-bond acceptors (Lipinski definition) is 3. The maximum atomic E-state index is 12.2. The Morgan fingerprint density at radius 2 is 1.86 bits per heavy atom. The first-order valence-corrected chi connectivity index (χ1v) is 8.23. The summed E-state index contributed by atoms with van der Waals surface area (Å²) in [5.74, 6) is 0. The number of sulfonamides is 1. The van der Waals surface area contributed by atoms with E-state index in [2.05, 4.69) is 4.72 Å². The van der Waals surface area contributed by atoms with Crippen molar-refractivity contribution in [1.29, 1.82) is 0 Å². The molecule has 6 heteroatoms. The molecular weight excluding hydrogens is 304 g/mol. The number of benzene rings is 2. The highest BCUT2D eigenvalue weighted by Gasteiger charge is 2.13. The second kappa shape index (κ2) is 6.34. The maximum absolute atomic E-state index is 12.2. The zero-order chi connectivity index (χ0) is 15.5. The third kappa shape index (κ3) is 4.10. The Balaban J connectivity index is 2.13. The van der Waals surface area contributed by atoms with E-state index in [0.29, 0.717) is 5.56 Å². The zero-order valence-electron chi connectivity index (χ0n) is 11.5. The minimum atomic E-state index is -3.55. The molecule has 0 atom stereocenters. The Hall–Kier alpha value is -1.76. The third-order valence-corrected chi connectivity index (χ3v) is 4.65. The van der Waals surface area contributed by atoms with Gasteiger partial charge in [-0.25, -0.2) is 13.1 Å². The first kappa shape index (κ1) is 15.6. The highest BCUT2D eigenvalue weighted by molar-refractivity contribution is 7.89. The Bertz CT molecular complexity index is 753. The fraction of sp³-hybridized carbons (Fsp3) is 0.133. The lowest BCUT2D eigenvalue weighted by Crippen LogP contribution is -2.23. The summed E-state index contributed by atoms with van der Waals surface area (Å²) in [5.41, 5.74) is 8.13. The molecule has 0 radical (unpaired) electrons. The van der Waals surface area contributed by atoms with Gasteiger partial charge in [-0.05, 0) is 24.6 Å². The van der Waals surface area contributed by atoms with Crippen LogP contribution in [0.15, 0.2) is 53.4 Å². The molecule has 110 valence electrons. The summed E-state index contributed by atoms with van der Waals surface area (Å²) in [6.07, 6.45) is 0. The predicted octanol–water partition coefficient (Wildman–Crippen LogP) is 2.11. The van der Waals surface area contributed by atoms with Crippen LogP contribution in [-0.2, 0) is 16.6 Å². The van der Waals surface area contributed by atoms with Crippen LogP contribution in [-0.4, -0.2) is 13.4 Å². The van der Waals surface area contributed by atoms with Crippen LogP contribution in [0.4, 0.5) is 0 Å². The molecule has 0 aliphatic rings. The fourth-order valence-corrected chi connectivity index (χ4v) is 3.04. The Morgan fingerprint density at radius 3 is 2.43 bits per heavy atom. The quantitative estimate of drug-likeness (QED) is 0.828. The Labute approximate surface area is 130 Å². The van der Waals surface area contributed by atoms with Crippen molar-refractivity contribution in [3.05, 3.63) is 65.2 Å². The van der Waals surface area contributed by atoms with Crippen LogP contribution in [0, 0.1) is 6.92 Å². The second-order valence-corrected chi connectivity index (χ2v) is 6.91. The fourth-order valence-electron chi connectivity index (χ4n) is 1.88. The number of rotatable bonds is 5. The van der Waals surface area contributed by atoms with E-state index < -0.39 is 10.0 Å². The molecule has 0 unspecified atom stereocenters. The molecule has 0 aromatic heterocycles. The zero-order valence-corrected chi connectivity index (χ0v) is 13.2. The second-order valence-electron chi connectivity index (χ2n) is 4.70. The smallest absolute Gasteiger partial charge is 0.240 e. The summed E-state index contributed by atoms with van der Waals surface area (Å²) in [5, 5.41) is 0. The number of nitrogens with one attached hydrogen (secondary N) is 1. The molecule has 2 rings (SSSR count). The molecule has 21 heavy (non-hydrogen) atoms. The van der Waals surface area contributed by atoms with Gasteiger partial charge in [-0.15, -0.1) is 0 Å². The van der Waals surface area contributed by atoms with Gasteiger partial charge in [0.1, 0.15) is 4.99 Å². The van der Waals surface area contributed by atoms with E-state index in [-0.39, 0.29) is 16.4 Å². The molecule has 0 aliphatic carbocycles. The van der Waals surface area contributed by atoms with Gasteiger partial charge in [-0.3, -0.25) is 0 Å². The normalized spacial score (nSPS) is 11.3. The van der Waals surface area contributed by atoms with Crippen molar-refractivity contribution in [1.82, 2.24) is 4.72 Å². The summed E-state index contributed by atoms with van der Waals surface area (Å²) in [6, 6.07) is 13.9. The molecule has 0 spiro atoms. The van der Waals surface area contributed by atoms with Crippen molar-refractivity contribution in [3.63, 3.8) is 0 Å². The van der Waals surface area contributed by atoms with Gasteiger partial charge in [-0.2, -0.15) is 0 Å². The van der Waals surface area contributed by atoms with Crippen molar-refractivity contribution in [2.75, 3.05) is 0 Å². The molecule has 4 nitrogen and oxygen atoms in total. The summed E-state index contributed by atoms with van der Waals surface area (Å²) < 4.78 is 27.0. The minimum absolute atomic E-state index is 0.190. The van der Waals surface area contributed by atoms with Gasteiger partial charge in [0.2, 0.25) is 10.0 Å². The highest BCUT2D eigenvalue weighted by Crippen LogP contribution is 2.12. The first-order chi connectivity index (χ1) is 9.88. The summed E-state index contributed by atoms with van der Waals surface area (Å²) in [7, 11) is -3.55. The van der Waals surface area contributed by atoms with Crippen molar-refractivity contribution >= 4 is 27.2 Å². The summed E-state index contributed by atoms with van der Waals surface area (Å²) >= 11 is 4.84. The molecule has 0 aliphatic heterocycles. The van der Waals surface area contributed by atoms with Crippen molar-refractivity contribution < 1.29 is 8.42 Å². The van der Waals surface area contributed by atoms with Crippen LogP contribution in [0.1, 0.15) is 16.7 Å². The van der Waals surface area contributed by atoms with Gasteiger partial charge < -0.3 is 5.73 Å². The number of nitrogens with two attached hydrogens (primary N) is 1. The molecule has 2 aromatic rings. The number of aryl methyl sites for hydroxylation is 1. The van der Waals surface area contributed by atoms with E-state index in [4.69, 9.17) is 18.0 Å². The molecule has 0 saturated heterocycles. The van der Waals surface area contributed by atoms with Crippen LogP contribution in [0.25, 0.3) is 0 Å². The van der Waals surface area contributed by atoms with Crippen molar-refractivity contribution in [2.45, 2.75) is 18.4 Å². The minimum Gasteiger partial charge on any atom is -0.389 e.